The Labute approximate surface area is 156 Å². The lowest BCUT2D eigenvalue weighted by atomic mass is 10.1. The number of carbonyl (C=O) groups is 1. The first-order valence-corrected chi connectivity index (χ1v) is 8.94. The topological polar surface area (TPSA) is 44.4 Å². The fourth-order valence-electron chi connectivity index (χ4n) is 3.12. The van der Waals surface area contributed by atoms with Crippen molar-refractivity contribution >= 4 is 17.3 Å². The molecule has 0 radical (unpaired) electrons. The Morgan fingerprint density at radius 2 is 1.74 bits per heavy atom. The van der Waals surface area contributed by atoms with Gasteiger partial charge in [-0.2, -0.15) is 13.2 Å². The molecule has 27 heavy (non-hydrogen) atoms. The summed E-state index contributed by atoms with van der Waals surface area (Å²) < 4.78 is 39.2. The molecule has 0 aromatic heterocycles. The molecule has 1 aliphatic rings. The molecule has 0 spiro atoms. The molecule has 0 aliphatic carbocycles. The summed E-state index contributed by atoms with van der Waals surface area (Å²) in [5.41, 5.74) is 1.28. The van der Waals surface area contributed by atoms with Gasteiger partial charge in [0.1, 0.15) is 0 Å². The van der Waals surface area contributed by atoms with E-state index in [0.29, 0.717) is 17.9 Å². The van der Waals surface area contributed by atoms with E-state index in [4.69, 9.17) is 0 Å². The molecule has 2 aromatic rings. The van der Waals surface area contributed by atoms with Crippen LogP contribution in [0.1, 0.15) is 24.0 Å². The van der Waals surface area contributed by atoms with Gasteiger partial charge in [0.25, 0.3) is 0 Å². The lowest BCUT2D eigenvalue weighted by molar-refractivity contribution is -0.137. The van der Waals surface area contributed by atoms with Gasteiger partial charge in [-0.3, -0.25) is 4.79 Å². The van der Waals surface area contributed by atoms with E-state index < -0.39 is 11.7 Å². The summed E-state index contributed by atoms with van der Waals surface area (Å²) in [7, 11) is 0. The van der Waals surface area contributed by atoms with E-state index in [2.05, 4.69) is 10.6 Å². The molecule has 0 unspecified atom stereocenters. The van der Waals surface area contributed by atoms with Gasteiger partial charge in [-0.05, 0) is 36.6 Å². The summed E-state index contributed by atoms with van der Waals surface area (Å²) in [6, 6.07) is 13.1. The third kappa shape index (κ3) is 5.15. The summed E-state index contributed by atoms with van der Waals surface area (Å²) in [5, 5.41) is 5.65. The molecular formula is C20H22F3N3O. The van der Waals surface area contributed by atoms with E-state index in [-0.39, 0.29) is 12.5 Å². The Kier molecular flexibility index (Phi) is 5.88. The lowest BCUT2D eigenvalue weighted by Crippen LogP contribution is -2.30. The second kappa shape index (κ2) is 8.33. The molecule has 3 rings (SSSR count). The van der Waals surface area contributed by atoms with Gasteiger partial charge in [-0.15, -0.1) is 0 Å². The zero-order chi connectivity index (χ0) is 19.3. The normalized spacial score (nSPS) is 14.3. The molecule has 1 aliphatic heterocycles. The predicted octanol–water partition coefficient (Wildman–Crippen LogP) is 4.03. The Morgan fingerprint density at radius 3 is 2.41 bits per heavy atom. The average molecular weight is 377 g/mol. The van der Waals surface area contributed by atoms with E-state index in [1.165, 1.54) is 6.07 Å². The van der Waals surface area contributed by atoms with Gasteiger partial charge in [-0.25, -0.2) is 0 Å². The lowest BCUT2D eigenvalue weighted by Gasteiger charge is -2.23. The molecule has 2 N–H and O–H groups in total. The molecule has 2 aromatic carbocycles. The first-order valence-electron chi connectivity index (χ1n) is 8.94. The Hall–Kier alpha value is -2.70. The highest BCUT2D eigenvalue weighted by Crippen LogP contribution is 2.36. The van der Waals surface area contributed by atoms with Crippen LogP contribution in [0.2, 0.25) is 0 Å². The molecule has 1 heterocycles. The van der Waals surface area contributed by atoms with Crippen LogP contribution in [0.15, 0.2) is 48.5 Å². The van der Waals surface area contributed by atoms with Gasteiger partial charge >= 0.3 is 6.18 Å². The molecule has 0 saturated carbocycles. The van der Waals surface area contributed by atoms with Crippen molar-refractivity contribution in [3.63, 3.8) is 0 Å². The maximum absolute atomic E-state index is 13.1. The zero-order valence-corrected chi connectivity index (χ0v) is 14.9. The standard InChI is InChI=1S/C20H22F3N3O/c21-20(22,23)16-8-9-18(26-10-4-5-11-26)17(12-16)24-14-19(27)25-13-15-6-2-1-3-7-15/h1-3,6-9,12,24H,4-5,10-11,13-14H2,(H,25,27). The minimum atomic E-state index is -4.42. The van der Waals surface area contributed by atoms with Crippen molar-refractivity contribution < 1.29 is 18.0 Å². The minimum Gasteiger partial charge on any atom is -0.374 e. The molecular weight excluding hydrogens is 355 g/mol. The number of anilines is 2. The summed E-state index contributed by atoms with van der Waals surface area (Å²) in [5.74, 6) is -0.274. The average Bonchev–Trinajstić information content (AvgIpc) is 3.19. The van der Waals surface area contributed by atoms with E-state index in [9.17, 15) is 18.0 Å². The van der Waals surface area contributed by atoms with Crippen molar-refractivity contribution in [3.05, 3.63) is 59.7 Å². The number of carbonyl (C=O) groups excluding carboxylic acids is 1. The molecule has 7 heteroatoms. The second-order valence-corrected chi connectivity index (χ2v) is 6.54. The van der Waals surface area contributed by atoms with E-state index in [0.717, 1.165) is 43.6 Å². The molecule has 0 bridgehead atoms. The van der Waals surface area contributed by atoms with Gasteiger partial charge < -0.3 is 15.5 Å². The summed E-state index contributed by atoms with van der Waals surface area (Å²) in [6.45, 7) is 1.90. The van der Waals surface area contributed by atoms with Crippen LogP contribution in [0.25, 0.3) is 0 Å². The van der Waals surface area contributed by atoms with Crippen molar-refractivity contribution in [2.75, 3.05) is 29.9 Å². The van der Waals surface area contributed by atoms with E-state index in [1.54, 1.807) is 0 Å². The fourth-order valence-corrected chi connectivity index (χ4v) is 3.12. The highest BCUT2D eigenvalue weighted by Gasteiger charge is 2.31. The summed E-state index contributed by atoms with van der Waals surface area (Å²) >= 11 is 0. The van der Waals surface area contributed by atoms with Crippen LogP contribution < -0.4 is 15.5 Å². The highest BCUT2D eigenvalue weighted by molar-refractivity contribution is 5.83. The number of hydrogen-bond donors (Lipinski definition) is 2. The molecule has 0 atom stereocenters. The highest BCUT2D eigenvalue weighted by atomic mass is 19.4. The fraction of sp³-hybridized carbons (Fsp3) is 0.350. The van der Waals surface area contributed by atoms with E-state index in [1.807, 2.05) is 35.2 Å². The number of nitrogens with one attached hydrogen (secondary N) is 2. The quantitative estimate of drug-likeness (QED) is 0.799. The Morgan fingerprint density at radius 1 is 1.04 bits per heavy atom. The van der Waals surface area contributed by atoms with Crippen LogP contribution in [0.5, 0.6) is 0 Å². The van der Waals surface area contributed by atoms with Crippen molar-refractivity contribution in [1.82, 2.24) is 5.32 Å². The minimum absolute atomic E-state index is 0.0883. The van der Waals surface area contributed by atoms with Gasteiger partial charge in [0.05, 0.1) is 23.5 Å². The molecule has 1 amide bonds. The first-order chi connectivity index (χ1) is 12.9. The van der Waals surface area contributed by atoms with Crippen molar-refractivity contribution in [2.24, 2.45) is 0 Å². The van der Waals surface area contributed by atoms with Crippen LogP contribution in [-0.2, 0) is 17.5 Å². The third-order valence-electron chi connectivity index (χ3n) is 4.54. The second-order valence-electron chi connectivity index (χ2n) is 6.54. The van der Waals surface area contributed by atoms with Crippen molar-refractivity contribution in [2.45, 2.75) is 25.6 Å². The summed E-state index contributed by atoms with van der Waals surface area (Å²) in [4.78, 5) is 14.1. The number of alkyl halides is 3. The number of rotatable bonds is 6. The number of amides is 1. The van der Waals surface area contributed by atoms with Gasteiger partial charge in [0.2, 0.25) is 5.91 Å². The molecule has 144 valence electrons. The third-order valence-corrected chi connectivity index (χ3v) is 4.54. The van der Waals surface area contributed by atoms with Crippen LogP contribution in [0.3, 0.4) is 0 Å². The Balaban J connectivity index is 1.67. The maximum Gasteiger partial charge on any atom is 0.416 e. The summed E-state index contributed by atoms with van der Waals surface area (Å²) in [6.07, 6.45) is -2.40. The Bertz CT molecular complexity index is 772. The zero-order valence-electron chi connectivity index (χ0n) is 14.9. The van der Waals surface area contributed by atoms with E-state index >= 15 is 0 Å². The molecule has 1 fully saturated rings. The predicted molar refractivity (Wildman–Crippen MR) is 99.7 cm³/mol. The van der Waals surface area contributed by atoms with Crippen molar-refractivity contribution in [1.29, 1.82) is 0 Å². The van der Waals surface area contributed by atoms with Crippen molar-refractivity contribution in [3.8, 4) is 0 Å². The maximum atomic E-state index is 13.1. The number of halogens is 3. The SMILES string of the molecule is O=C(CNc1cc(C(F)(F)F)ccc1N1CCCC1)NCc1ccccc1. The van der Waals surface area contributed by atoms with Crippen LogP contribution >= 0.6 is 0 Å². The van der Waals surface area contributed by atoms with Gasteiger partial charge in [-0.1, -0.05) is 30.3 Å². The number of hydrogen-bond acceptors (Lipinski definition) is 3. The number of nitrogens with zero attached hydrogens (tertiary/aromatic N) is 1. The molecule has 1 saturated heterocycles. The van der Waals surface area contributed by atoms with Crippen LogP contribution in [0, 0.1) is 0 Å². The first kappa shape index (κ1) is 19.1. The van der Waals surface area contributed by atoms with Crippen LogP contribution in [-0.4, -0.2) is 25.5 Å². The monoisotopic (exact) mass is 377 g/mol. The van der Waals surface area contributed by atoms with Gasteiger partial charge in [0, 0.05) is 19.6 Å². The smallest absolute Gasteiger partial charge is 0.374 e. The van der Waals surface area contributed by atoms with Crippen LogP contribution in [0.4, 0.5) is 24.5 Å². The molecule has 4 nitrogen and oxygen atoms in total. The van der Waals surface area contributed by atoms with Gasteiger partial charge in [0.15, 0.2) is 0 Å². The number of benzene rings is 2. The largest absolute Gasteiger partial charge is 0.416 e.